The lowest BCUT2D eigenvalue weighted by Crippen LogP contribution is -1.84. The molecule has 54 valence electrons. The molecular formula is C7H14OS. The molecule has 0 amide bonds. The summed E-state index contributed by atoms with van der Waals surface area (Å²) in [5.74, 6) is 0.990. The summed E-state index contributed by atoms with van der Waals surface area (Å²) in [6.45, 7) is 2.20. The van der Waals surface area contributed by atoms with Gasteiger partial charge in [0.15, 0.2) is 0 Å². The van der Waals surface area contributed by atoms with E-state index in [-0.39, 0.29) is 0 Å². The second-order valence-electron chi connectivity index (χ2n) is 2.67. The van der Waals surface area contributed by atoms with Crippen LogP contribution in [0.25, 0.3) is 0 Å². The standard InChI is InChI=1S/C7H14OS/c1-2-3-4-5-7-6-9(7)8/h7H,2-6H2,1H3. The van der Waals surface area contributed by atoms with Gasteiger partial charge < -0.3 is 0 Å². The predicted octanol–water partition coefficient (Wildman–Crippen LogP) is 1.70. The van der Waals surface area contributed by atoms with Crippen molar-refractivity contribution in [2.75, 3.05) is 5.75 Å². The molecule has 1 aliphatic rings. The summed E-state index contributed by atoms with van der Waals surface area (Å²) in [6.07, 6.45) is 5.08. The Morgan fingerprint density at radius 1 is 1.56 bits per heavy atom. The van der Waals surface area contributed by atoms with E-state index < -0.39 is 10.8 Å². The molecule has 2 heteroatoms. The van der Waals surface area contributed by atoms with Crippen LogP contribution in [0.3, 0.4) is 0 Å². The van der Waals surface area contributed by atoms with Crippen LogP contribution in [0.1, 0.15) is 32.6 Å². The van der Waals surface area contributed by atoms with Gasteiger partial charge in [-0.05, 0) is 6.42 Å². The maximum absolute atomic E-state index is 10.6. The molecule has 1 nitrogen and oxygen atoms in total. The molecular weight excluding hydrogens is 132 g/mol. The Balaban J connectivity index is 1.88. The second kappa shape index (κ2) is 3.35. The summed E-state index contributed by atoms with van der Waals surface area (Å²) >= 11 is 0. The summed E-state index contributed by atoms with van der Waals surface area (Å²) in [6, 6.07) is 0. The maximum Gasteiger partial charge on any atom is 0.0463 e. The van der Waals surface area contributed by atoms with E-state index in [0.717, 1.165) is 5.75 Å². The van der Waals surface area contributed by atoms with Gasteiger partial charge in [-0.15, -0.1) is 0 Å². The van der Waals surface area contributed by atoms with E-state index in [2.05, 4.69) is 6.92 Å². The third-order valence-electron chi connectivity index (χ3n) is 1.74. The first-order valence-electron chi connectivity index (χ1n) is 3.71. The minimum atomic E-state index is -0.402. The van der Waals surface area contributed by atoms with Gasteiger partial charge in [-0.2, -0.15) is 0 Å². The lowest BCUT2D eigenvalue weighted by Gasteiger charge is -1.91. The van der Waals surface area contributed by atoms with Crippen LogP contribution in [0.2, 0.25) is 0 Å². The fourth-order valence-corrected chi connectivity index (χ4v) is 2.03. The molecule has 0 saturated carbocycles. The molecule has 0 spiro atoms. The zero-order valence-corrected chi connectivity index (χ0v) is 6.75. The molecule has 1 aliphatic heterocycles. The van der Waals surface area contributed by atoms with Crippen molar-refractivity contribution in [2.24, 2.45) is 0 Å². The average molecular weight is 146 g/mol. The van der Waals surface area contributed by atoms with Crippen LogP contribution in [0.5, 0.6) is 0 Å². The Kier molecular flexibility index (Phi) is 2.70. The average Bonchev–Trinajstić information content (AvgIpc) is 2.48. The number of hydrogen-bond acceptors (Lipinski definition) is 1. The summed E-state index contributed by atoms with van der Waals surface area (Å²) in [5.41, 5.74) is 0. The molecule has 0 aromatic heterocycles. The van der Waals surface area contributed by atoms with Crippen LogP contribution in [0.15, 0.2) is 0 Å². The SMILES string of the molecule is CCCCCC1CS1=O. The molecule has 0 N–H and O–H groups in total. The lowest BCUT2D eigenvalue weighted by atomic mass is 10.2. The van der Waals surface area contributed by atoms with Crippen molar-refractivity contribution in [3.63, 3.8) is 0 Å². The van der Waals surface area contributed by atoms with Crippen molar-refractivity contribution in [3.8, 4) is 0 Å². The van der Waals surface area contributed by atoms with E-state index in [4.69, 9.17) is 0 Å². The Morgan fingerprint density at radius 2 is 2.22 bits per heavy atom. The molecule has 1 rings (SSSR count). The van der Waals surface area contributed by atoms with Gasteiger partial charge in [-0.3, -0.25) is 4.21 Å². The number of hydrogen-bond donors (Lipinski definition) is 0. The minimum absolute atomic E-state index is 0.402. The highest BCUT2D eigenvalue weighted by atomic mass is 32.2. The highest BCUT2D eigenvalue weighted by molar-refractivity contribution is 7.92. The first-order chi connectivity index (χ1) is 4.34. The van der Waals surface area contributed by atoms with E-state index in [0.29, 0.717) is 5.25 Å². The van der Waals surface area contributed by atoms with Crippen molar-refractivity contribution in [2.45, 2.75) is 37.9 Å². The first kappa shape index (κ1) is 7.26. The second-order valence-corrected chi connectivity index (χ2v) is 4.43. The Labute approximate surface area is 59.3 Å². The summed E-state index contributed by atoms with van der Waals surface area (Å²) in [5, 5.41) is 0.594. The van der Waals surface area contributed by atoms with Crippen LogP contribution < -0.4 is 0 Å². The van der Waals surface area contributed by atoms with Gasteiger partial charge in [0.05, 0.1) is 0 Å². The Morgan fingerprint density at radius 3 is 2.67 bits per heavy atom. The predicted molar refractivity (Wildman–Crippen MR) is 40.9 cm³/mol. The van der Waals surface area contributed by atoms with Gasteiger partial charge in [0.2, 0.25) is 0 Å². The minimum Gasteiger partial charge on any atom is -0.259 e. The van der Waals surface area contributed by atoms with Crippen LogP contribution >= 0.6 is 0 Å². The van der Waals surface area contributed by atoms with E-state index in [1.165, 1.54) is 25.7 Å². The van der Waals surface area contributed by atoms with Gasteiger partial charge in [-0.25, -0.2) is 0 Å². The molecule has 2 atom stereocenters. The third kappa shape index (κ3) is 2.48. The zero-order valence-electron chi connectivity index (χ0n) is 5.93. The van der Waals surface area contributed by atoms with Gasteiger partial charge >= 0.3 is 0 Å². The van der Waals surface area contributed by atoms with Gasteiger partial charge in [0.1, 0.15) is 0 Å². The van der Waals surface area contributed by atoms with Crippen LogP contribution in [-0.4, -0.2) is 15.2 Å². The third-order valence-corrected chi connectivity index (χ3v) is 3.18. The van der Waals surface area contributed by atoms with Crippen LogP contribution in [0, 0.1) is 0 Å². The molecule has 1 saturated heterocycles. The van der Waals surface area contributed by atoms with Crippen molar-refractivity contribution in [1.29, 1.82) is 0 Å². The van der Waals surface area contributed by atoms with E-state index in [1.807, 2.05) is 0 Å². The molecule has 0 aliphatic carbocycles. The van der Waals surface area contributed by atoms with E-state index >= 15 is 0 Å². The van der Waals surface area contributed by atoms with Crippen molar-refractivity contribution in [1.82, 2.24) is 0 Å². The van der Waals surface area contributed by atoms with Crippen molar-refractivity contribution >= 4 is 10.8 Å². The zero-order chi connectivity index (χ0) is 6.69. The molecule has 1 fully saturated rings. The number of unbranched alkanes of at least 4 members (excludes halogenated alkanes) is 2. The molecule has 0 radical (unpaired) electrons. The quantitative estimate of drug-likeness (QED) is 0.436. The monoisotopic (exact) mass is 146 g/mol. The molecule has 9 heavy (non-hydrogen) atoms. The normalized spacial score (nSPS) is 32.6. The largest absolute Gasteiger partial charge is 0.259 e. The molecule has 1 heterocycles. The van der Waals surface area contributed by atoms with Gasteiger partial charge in [0.25, 0.3) is 0 Å². The summed E-state index contributed by atoms with van der Waals surface area (Å²) in [4.78, 5) is 0. The summed E-state index contributed by atoms with van der Waals surface area (Å²) in [7, 11) is -0.402. The Bertz CT molecular complexity index is 111. The summed E-state index contributed by atoms with van der Waals surface area (Å²) < 4.78 is 10.6. The maximum atomic E-state index is 10.6. The smallest absolute Gasteiger partial charge is 0.0463 e. The fourth-order valence-electron chi connectivity index (χ4n) is 0.981. The molecule has 0 aromatic rings. The van der Waals surface area contributed by atoms with Gasteiger partial charge in [0, 0.05) is 21.8 Å². The number of rotatable bonds is 4. The molecule has 0 aromatic carbocycles. The topological polar surface area (TPSA) is 17.1 Å². The van der Waals surface area contributed by atoms with Crippen molar-refractivity contribution < 1.29 is 4.21 Å². The highest BCUT2D eigenvalue weighted by Crippen LogP contribution is 2.21. The van der Waals surface area contributed by atoms with Crippen molar-refractivity contribution in [3.05, 3.63) is 0 Å². The Hall–Kier alpha value is 0.150. The fraction of sp³-hybridized carbons (Fsp3) is 1.00. The van der Waals surface area contributed by atoms with E-state index in [1.54, 1.807) is 0 Å². The molecule has 0 bridgehead atoms. The van der Waals surface area contributed by atoms with E-state index in [9.17, 15) is 4.21 Å². The van der Waals surface area contributed by atoms with Crippen LogP contribution in [0.4, 0.5) is 0 Å². The molecule has 2 unspecified atom stereocenters. The lowest BCUT2D eigenvalue weighted by molar-refractivity contribution is 0.670. The first-order valence-corrected chi connectivity index (χ1v) is 5.10. The van der Waals surface area contributed by atoms with Crippen LogP contribution in [-0.2, 0) is 10.8 Å². The highest BCUT2D eigenvalue weighted by Gasteiger charge is 2.31. The van der Waals surface area contributed by atoms with Gasteiger partial charge in [-0.1, -0.05) is 26.2 Å².